The van der Waals surface area contributed by atoms with Crippen LogP contribution >= 0.6 is 0 Å². The molecule has 0 aromatic heterocycles. The lowest BCUT2D eigenvalue weighted by Crippen LogP contribution is -2.40. The van der Waals surface area contributed by atoms with E-state index in [0.29, 0.717) is 0 Å². The summed E-state index contributed by atoms with van der Waals surface area (Å²) in [7, 11) is 0. The molecule has 0 aliphatic carbocycles. The van der Waals surface area contributed by atoms with Crippen LogP contribution in [0, 0.1) is 0 Å². The molecule has 0 amide bonds. The summed E-state index contributed by atoms with van der Waals surface area (Å²) in [5.41, 5.74) is -0.938. The van der Waals surface area contributed by atoms with E-state index in [0.717, 1.165) is 0 Å². The van der Waals surface area contributed by atoms with Crippen LogP contribution in [-0.2, 0) is 4.74 Å². The molecule has 1 N–H and O–H groups in total. The summed E-state index contributed by atoms with van der Waals surface area (Å²) < 4.78 is 5.55. The van der Waals surface area contributed by atoms with E-state index in [4.69, 9.17) is 4.74 Å². The third-order valence-corrected chi connectivity index (χ3v) is 1.53. The second-order valence-corrected chi connectivity index (χ2v) is 4.53. The first-order valence-electron chi connectivity index (χ1n) is 4.03. The third-order valence-electron chi connectivity index (χ3n) is 1.53. The molecule has 11 heavy (non-hydrogen) atoms. The lowest BCUT2D eigenvalue weighted by atomic mass is 10.0. The summed E-state index contributed by atoms with van der Waals surface area (Å²) in [5, 5.41) is 9.52. The van der Waals surface area contributed by atoms with E-state index >= 15 is 0 Å². The van der Waals surface area contributed by atoms with Crippen LogP contribution in [0.1, 0.15) is 41.5 Å². The van der Waals surface area contributed by atoms with Gasteiger partial charge in [0.15, 0.2) is 0 Å². The summed E-state index contributed by atoms with van der Waals surface area (Å²) in [6.45, 7) is 11.3. The van der Waals surface area contributed by atoms with Crippen molar-refractivity contribution < 1.29 is 9.84 Å². The minimum absolute atomic E-state index is 0.137. The van der Waals surface area contributed by atoms with Crippen molar-refractivity contribution in [2.45, 2.75) is 58.8 Å². The number of hydrogen-bond donors (Lipinski definition) is 1. The van der Waals surface area contributed by atoms with Gasteiger partial charge in [-0.1, -0.05) is 0 Å². The molecule has 0 bridgehead atoms. The van der Waals surface area contributed by atoms with Gasteiger partial charge in [0.1, 0.15) is 0 Å². The van der Waals surface area contributed by atoms with Gasteiger partial charge in [0.25, 0.3) is 0 Å². The molecule has 0 fully saturated rings. The summed E-state index contributed by atoms with van der Waals surface area (Å²) >= 11 is 0. The van der Waals surface area contributed by atoms with Crippen LogP contribution in [0.15, 0.2) is 0 Å². The molecular formula is C9H20O2. The fourth-order valence-corrected chi connectivity index (χ4v) is 0.675. The van der Waals surface area contributed by atoms with Gasteiger partial charge >= 0.3 is 0 Å². The molecule has 0 heterocycles. The van der Waals surface area contributed by atoms with Crippen molar-refractivity contribution >= 4 is 0 Å². The lowest BCUT2D eigenvalue weighted by molar-refractivity contribution is -0.136. The molecule has 0 saturated heterocycles. The average molecular weight is 160 g/mol. The quantitative estimate of drug-likeness (QED) is 0.669. The Balaban J connectivity index is 3.99. The second kappa shape index (κ2) is 3.11. The Morgan fingerprint density at radius 2 is 1.45 bits per heavy atom. The fraction of sp³-hybridized carbons (Fsp3) is 1.00. The SMILES string of the molecule is C[C@H](OC(C)(C)C)C(C)(C)O. The van der Waals surface area contributed by atoms with Gasteiger partial charge in [-0.05, 0) is 41.5 Å². The Labute approximate surface area is 69.6 Å². The maximum absolute atomic E-state index is 9.52. The van der Waals surface area contributed by atoms with Gasteiger partial charge in [-0.25, -0.2) is 0 Å². The predicted octanol–water partition coefficient (Wildman–Crippen LogP) is 1.96. The molecule has 0 aliphatic rings. The predicted molar refractivity (Wildman–Crippen MR) is 46.6 cm³/mol. The van der Waals surface area contributed by atoms with Crippen LogP contribution in [-0.4, -0.2) is 22.4 Å². The second-order valence-electron chi connectivity index (χ2n) is 4.53. The molecule has 0 radical (unpaired) electrons. The Bertz CT molecular complexity index is 117. The standard InChI is InChI=1S/C9H20O2/c1-7(9(5,6)10)11-8(2,3)4/h7,10H,1-6H3/t7-/m0/s1. The first-order valence-corrected chi connectivity index (χ1v) is 4.03. The van der Waals surface area contributed by atoms with Crippen LogP contribution in [0.3, 0.4) is 0 Å². The highest BCUT2D eigenvalue weighted by Crippen LogP contribution is 2.18. The van der Waals surface area contributed by atoms with Gasteiger partial charge in [0.2, 0.25) is 0 Å². The zero-order valence-electron chi connectivity index (χ0n) is 8.43. The minimum Gasteiger partial charge on any atom is -0.388 e. The molecule has 0 unspecified atom stereocenters. The fourth-order valence-electron chi connectivity index (χ4n) is 0.675. The minimum atomic E-state index is -0.757. The molecule has 1 atom stereocenters. The smallest absolute Gasteiger partial charge is 0.0849 e. The highest BCUT2D eigenvalue weighted by molar-refractivity contribution is 4.76. The van der Waals surface area contributed by atoms with Crippen LogP contribution in [0.2, 0.25) is 0 Å². The van der Waals surface area contributed by atoms with Crippen molar-refractivity contribution in [3.63, 3.8) is 0 Å². The molecule has 0 aromatic rings. The molecule has 0 aromatic carbocycles. The maximum atomic E-state index is 9.52. The Morgan fingerprint density at radius 3 is 1.55 bits per heavy atom. The number of rotatable bonds is 2. The maximum Gasteiger partial charge on any atom is 0.0849 e. The lowest BCUT2D eigenvalue weighted by Gasteiger charge is -2.32. The number of hydrogen-bond acceptors (Lipinski definition) is 2. The highest BCUT2D eigenvalue weighted by Gasteiger charge is 2.27. The Hall–Kier alpha value is -0.0800. The van der Waals surface area contributed by atoms with E-state index in [2.05, 4.69) is 0 Å². The van der Waals surface area contributed by atoms with Crippen LogP contribution in [0.4, 0.5) is 0 Å². The van der Waals surface area contributed by atoms with E-state index in [1.165, 1.54) is 0 Å². The van der Waals surface area contributed by atoms with Gasteiger partial charge in [0, 0.05) is 0 Å². The molecule has 0 rings (SSSR count). The molecule has 0 saturated carbocycles. The topological polar surface area (TPSA) is 29.5 Å². The molecular weight excluding hydrogens is 140 g/mol. The van der Waals surface area contributed by atoms with Gasteiger partial charge < -0.3 is 9.84 Å². The van der Waals surface area contributed by atoms with Gasteiger partial charge in [-0.3, -0.25) is 0 Å². The van der Waals surface area contributed by atoms with Crippen molar-refractivity contribution in [1.29, 1.82) is 0 Å². The third kappa shape index (κ3) is 5.22. The van der Waals surface area contributed by atoms with Gasteiger partial charge in [0.05, 0.1) is 17.3 Å². The van der Waals surface area contributed by atoms with Crippen molar-refractivity contribution in [3.8, 4) is 0 Å². The van der Waals surface area contributed by atoms with Crippen molar-refractivity contribution in [3.05, 3.63) is 0 Å². The molecule has 2 heteroatoms. The van der Waals surface area contributed by atoms with Crippen molar-refractivity contribution in [1.82, 2.24) is 0 Å². The number of aliphatic hydroxyl groups is 1. The summed E-state index contributed by atoms with van der Waals surface area (Å²) in [6, 6.07) is 0. The summed E-state index contributed by atoms with van der Waals surface area (Å²) in [6.07, 6.45) is -0.137. The van der Waals surface area contributed by atoms with Crippen LogP contribution in [0.5, 0.6) is 0 Å². The van der Waals surface area contributed by atoms with E-state index < -0.39 is 5.60 Å². The molecule has 68 valence electrons. The first kappa shape index (κ1) is 10.9. The number of ether oxygens (including phenoxy) is 1. The van der Waals surface area contributed by atoms with Crippen LogP contribution < -0.4 is 0 Å². The van der Waals surface area contributed by atoms with Gasteiger partial charge in [-0.2, -0.15) is 0 Å². The Kier molecular flexibility index (Phi) is 3.09. The van der Waals surface area contributed by atoms with Crippen LogP contribution in [0.25, 0.3) is 0 Å². The monoisotopic (exact) mass is 160 g/mol. The summed E-state index contributed by atoms with van der Waals surface area (Å²) in [4.78, 5) is 0. The molecule has 0 aliphatic heterocycles. The summed E-state index contributed by atoms with van der Waals surface area (Å²) in [5.74, 6) is 0. The average Bonchev–Trinajstić information content (AvgIpc) is 1.56. The van der Waals surface area contributed by atoms with E-state index in [1.807, 2.05) is 27.7 Å². The highest BCUT2D eigenvalue weighted by atomic mass is 16.5. The van der Waals surface area contributed by atoms with E-state index in [-0.39, 0.29) is 11.7 Å². The Morgan fingerprint density at radius 1 is 1.09 bits per heavy atom. The zero-order chi connectivity index (χ0) is 9.28. The van der Waals surface area contributed by atoms with E-state index in [9.17, 15) is 5.11 Å². The largest absolute Gasteiger partial charge is 0.388 e. The normalized spacial score (nSPS) is 16.6. The molecule has 0 spiro atoms. The van der Waals surface area contributed by atoms with Crippen molar-refractivity contribution in [2.24, 2.45) is 0 Å². The van der Waals surface area contributed by atoms with E-state index in [1.54, 1.807) is 13.8 Å². The van der Waals surface area contributed by atoms with Crippen molar-refractivity contribution in [2.75, 3.05) is 0 Å². The zero-order valence-corrected chi connectivity index (χ0v) is 8.43. The van der Waals surface area contributed by atoms with Gasteiger partial charge in [-0.15, -0.1) is 0 Å². The first-order chi connectivity index (χ1) is 4.63. The molecule has 2 nitrogen and oxygen atoms in total.